The van der Waals surface area contributed by atoms with Crippen molar-refractivity contribution in [3.63, 3.8) is 0 Å². The van der Waals surface area contributed by atoms with Crippen LogP contribution < -0.4 is 11.1 Å². The van der Waals surface area contributed by atoms with Crippen molar-refractivity contribution in [1.29, 1.82) is 0 Å². The molecule has 0 aliphatic rings. The molecule has 110 valence electrons. The quantitative estimate of drug-likeness (QED) is 0.567. The van der Waals surface area contributed by atoms with E-state index in [2.05, 4.69) is 52.8 Å². The summed E-state index contributed by atoms with van der Waals surface area (Å²) in [6, 6.07) is 22.8. The summed E-state index contributed by atoms with van der Waals surface area (Å²) >= 11 is 0. The Balaban J connectivity index is 1.89. The monoisotopic (exact) mass is 289 g/mol. The van der Waals surface area contributed by atoms with Gasteiger partial charge in [-0.15, -0.1) is 0 Å². The number of aliphatic imine (C=N–C) groups is 1. The fraction of sp³-hybridized carbons (Fsp3) is 0.105. The van der Waals surface area contributed by atoms with Crippen LogP contribution in [0.4, 0.5) is 5.69 Å². The number of anilines is 1. The number of nitrogens with zero attached hydrogens (tertiary/aromatic N) is 1. The molecule has 3 aromatic carbocycles. The van der Waals surface area contributed by atoms with Gasteiger partial charge in [-0.25, -0.2) is 0 Å². The molecule has 0 unspecified atom stereocenters. The second-order valence-electron chi connectivity index (χ2n) is 5.15. The van der Waals surface area contributed by atoms with Gasteiger partial charge in [0.2, 0.25) is 0 Å². The first-order valence-electron chi connectivity index (χ1n) is 7.32. The Bertz CT molecular complexity index is 816. The van der Waals surface area contributed by atoms with E-state index in [1.54, 1.807) is 7.05 Å². The maximum absolute atomic E-state index is 5.96. The molecule has 0 heterocycles. The summed E-state index contributed by atoms with van der Waals surface area (Å²) in [6.45, 7) is 0.745. The van der Waals surface area contributed by atoms with Gasteiger partial charge < -0.3 is 11.1 Å². The van der Waals surface area contributed by atoms with Gasteiger partial charge >= 0.3 is 0 Å². The van der Waals surface area contributed by atoms with Gasteiger partial charge in [0.25, 0.3) is 0 Å². The van der Waals surface area contributed by atoms with Crippen molar-refractivity contribution in [2.24, 2.45) is 10.7 Å². The van der Waals surface area contributed by atoms with Gasteiger partial charge in [0, 0.05) is 24.8 Å². The van der Waals surface area contributed by atoms with Crippen LogP contribution in [0.2, 0.25) is 0 Å². The van der Waals surface area contributed by atoms with Gasteiger partial charge in [-0.2, -0.15) is 0 Å². The predicted octanol–water partition coefficient (Wildman–Crippen LogP) is 3.79. The standard InChI is InChI=1S/C19H19N3/c1-21-19(20)17-11-4-5-12-18(17)22-13-15-9-6-8-14-7-2-3-10-16(14)15/h2-12,22H,13H2,1H3,(H2,20,21). The van der Waals surface area contributed by atoms with Gasteiger partial charge in [0.15, 0.2) is 0 Å². The molecule has 0 saturated heterocycles. The molecule has 0 aromatic heterocycles. The molecule has 0 fully saturated rings. The van der Waals surface area contributed by atoms with E-state index in [-0.39, 0.29) is 0 Å². The zero-order chi connectivity index (χ0) is 15.4. The van der Waals surface area contributed by atoms with E-state index in [9.17, 15) is 0 Å². The lowest BCUT2D eigenvalue weighted by molar-refractivity contribution is 1.16. The van der Waals surface area contributed by atoms with E-state index in [1.807, 2.05) is 24.3 Å². The molecular formula is C19H19N3. The molecule has 0 aliphatic heterocycles. The van der Waals surface area contributed by atoms with Crippen LogP contribution in [-0.4, -0.2) is 12.9 Å². The molecule has 0 spiro atoms. The topological polar surface area (TPSA) is 50.4 Å². The molecule has 0 bridgehead atoms. The number of nitrogens with two attached hydrogens (primary N) is 1. The van der Waals surface area contributed by atoms with E-state index in [0.29, 0.717) is 5.84 Å². The predicted molar refractivity (Wildman–Crippen MR) is 94.4 cm³/mol. The third-order valence-corrected chi connectivity index (χ3v) is 3.79. The van der Waals surface area contributed by atoms with Crippen LogP contribution in [-0.2, 0) is 6.54 Å². The molecular weight excluding hydrogens is 270 g/mol. The number of amidine groups is 1. The van der Waals surface area contributed by atoms with Crippen LogP contribution in [0.15, 0.2) is 71.7 Å². The van der Waals surface area contributed by atoms with E-state index in [1.165, 1.54) is 16.3 Å². The highest BCUT2D eigenvalue weighted by atomic mass is 14.9. The first-order valence-corrected chi connectivity index (χ1v) is 7.32. The number of hydrogen-bond acceptors (Lipinski definition) is 2. The lowest BCUT2D eigenvalue weighted by atomic mass is 10.0. The van der Waals surface area contributed by atoms with Gasteiger partial charge in [0.05, 0.1) is 0 Å². The summed E-state index contributed by atoms with van der Waals surface area (Å²) in [7, 11) is 1.71. The Morgan fingerprint density at radius 1 is 0.955 bits per heavy atom. The molecule has 3 aromatic rings. The molecule has 3 N–H and O–H groups in total. The molecule has 22 heavy (non-hydrogen) atoms. The third kappa shape index (κ3) is 2.79. The lowest BCUT2D eigenvalue weighted by Gasteiger charge is -2.13. The highest BCUT2D eigenvalue weighted by Crippen LogP contribution is 2.21. The summed E-state index contributed by atoms with van der Waals surface area (Å²) < 4.78 is 0. The molecule has 3 rings (SSSR count). The van der Waals surface area contributed by atoms with Crippen molar-refractivity contribution < 1.29 is 0 Å². The number of para-hydroxylation sites is 1. The van der Waals surface area contributed by atoms with Crippen LogP contribution in [0.3, 0.4) is 0 Å². The fourth-order valence-corrected chi connectivity index (χ4v) is 2.62. The molecule has 0 aliphatic carbocycles. The van der Waals surface area contributed by atoms with Crippen LogP contribution >= 0.6 is 0 Å². The molecule has 3 heteroatoms. The third-order valence-electron chi connectivity index (χ3n) is 3.79. The fourth-order valence-electron chi connectivity index (χ4n) is 2.62. The van der Waals surface area contributed by atoms with E-state index < -0.39 is 0 Å². The first kappa shape index (κ1) is 14.1. The van der Waals surface area contributed by atoms with E-state index in [4.69, 9.17) is 5.73 Å². The van der Waals surface area contributed by atoms with Gasteiger partial charge in [0.1, 0.15) is 5.84 Å². The number of fused-ring (bicyclic) bond motifs is 1. The zero-order valence-corrected chi connectivity index (χ0v) is 12.6. The number of hydrogen-bond donors (Lipinski definition) is 2. The van der Waals surface area contributed by atoms with Crippen molar-refractivity contribution in [2.45, 2.75) is 6.54 Å². The van der Waals surface area contributed by atoms with Crippen LogP contribution in [0.1, 0.15) is 11.1 Å². The van der Waals surface area contributed by atoms with Gasteiger partial charge in [-0.1, -0.05) is 54.6 Å². The smallest absolute Gasteiger partial charge is 0.127 e. The van der Waals surface area contributed by atoms with Crippen molar-refractivity contribution in [3.8, 4) is 0 Å². The highest BCUT2D eigenvalue weighted by molar-refractivity contribution is 6.02. The second kappa shape index (κ2) is 6.31. The van der Waals surface area contributed by atoms with Crippen LogP contribution in [0.5, 0.6) is 0 Å². The normalized spacial score (nSPS) is 11.6. The number of nitrogens with one attached hydrogen (secondary N) is 1. The van der Waals surface area contributed by atoms with Gasteiger partial charge in [-0.05, 0) is 28.5 Å². The Morgan fingerprint density at radius 2 is 1.68 bits per heavy atom. The van der Waals surface area contributed by atoms with Crippen LogP contribution in [0.25, 0.3) is 10.8 Å². The highest BCUT2D eigenvalue weighted by Gasteiger charge is 2.06. The largest absolute Gasteiger partial charge is 0.383 e. The SMILES string of the molecule is CN=C(N)c1ccccc1NCc1cccc2ccccc12. The Kier molecular flexibility index (Phi) is 4.05. The van der Waals surface area contributed by atoms with Crippen LogP contribution in [0, 0.1) is 0 Å². The number of benzene rings is 3. The van der Waals surface area contributed by atoms with Crippen molar-refractivity contribution in [3.05, 3.63) is 77.9 Å². The zero-order valence-electron chi connectivity index (χ0n) is 12.6. The number of rotatable bonds is 4. The lowest BCUT2D eigenvalue weighted by Crippen LogP contribution is -2.15. The average Bonchev–Trinajstić information content (AvgIpc) is 2.59. The van der Waals surface area contributed by atoms with Gasteiger partial charge in [-0.3, -0.25) is 4.99 Å². The maximum atomic E-state index is 5.96. The van der Waals surface area contributed by atoms with E-state index in [0.717, 1.165) is 17.8 Å². The van der Waals surface area contributed by atoms with Crippen molar-refractivity contribution in [2.75, 3.05) is 12.4 Å². The summed E-state index contributed by atoms with van der Waals surface area (Å²) in [6.07, 6.45) is 0. The summed E-state index contributed by atoms with van der Waals surface area (Å²) in [5.74, 6) is 0.543. The second-order valence-corrected chi connectivity index (χ2v) is 5.15. The minimum atomic E-state index is 0.543. The Labute approximate surface area is 130 Å². The summed E-state index contributed by atoms with van der Waals surface area (Å²) in [5, 5.41) is 6.00. The maximum Gasteiger partial charge on any atom is 0.127 e. The Morgan fingerprint density at radius 3 is 2.55 bits per heavy atom. The molecule has 3 nitrogen and oxygen atoms in total. The summed E-state index contributed by atoms with van der Waals surface area (Å²) in [5.41, 5.74) is 9.16. The Hall–Kier alpha value is -2.81. The molecule has 0 atom stereocenters. The molecule has 0 amide bonds. The molecule has 0 radical (unpaired) electrons. The minimum absolute atomic E-state index is 0.543. The first-order chi connectivity index (χ1) is 10.8. The van der Waals surface area contributed by atoms with Crippen molar-refractivity contribution >= 4 is 22.3 Å². The minimum Gasteiger partial charge on any atom is -0.383 e. The summed E-state index contributed by atoms with van der Waals surface area (Å²) in [4.78, 5) is 4.08. The average molecular weight is 289 g/mol. The van der Waals surface area contributed by atoms with Crippen molar-refractivity contribution in [1.82, 2.24) is 0 Å². The van der Waals surface area contributed by atoms with E-state index >= 15 is 0 Å². The molecule has 0 saturated carbocycles.